The van der Waals surface area contributed by atoms with E-state index in [-0.39, 0.29) is 11.6 Å². The van der Waals surface area contributed by atoms with Crippen molar-refractivity contribution in [2.24, 2.45) is 7.05 Å². The van der Waals surface area contributed by atoms with Crippen molar-refractivity contribution in [3.63, 3.8) is 0 Å². The first-order chi connectivity index (χ1) is 8.32. The quantitative estimate of drug-likeness (QED) is 0.569. The summed E-state index contributed by atoms with van der Waals surface area (Å²) in [5, 5.41) is 10.6. The van der Waals surface area contributed by atoms with Gasteiger partial charge in [-0.05, 0) is 14.1 Å². The molecule has 0 unspecified atom stereocenters. The number of aromatic nitrogens is 1. The molecule has 18 heavy (non-hydrogen) atoms. The number of hydrogen-bond acceptors (Lipinski definition) is 4. The third-order valence-corrected chi connectivity index (χ3v) is 2.65. The third-order valence-electron chi connectivity index (χ3n) is 2.65. The van der Waals surface area contributed by atoms with E-state index in [4.69, 9.17) is 0 Å². The Balaban J connectivity index is 2.80. The van der Waals surface area contributed by atoms with Crippen LogP contribution in [0, 0.1) is 10.1 Å². The Bertz CT molecular complexity index is 453. The van der Waals surface area contributed by atoms with E-state index in [1.807, 2.05) is 19.0 Å². The first kappa shape index (κ1) is 14.2. The van der Waals surface area contributed by atoms with Crippen LogP contribution in [0.15, 0.2) is 12.3 Å². The maximum Gasteiger partial charge on any atom is 0.287 e. The Hall–Kier alpha value is -1.89. The van der Waals surface area contributed by atoms with E-state index in [0.717, 1.165) is 6.54 Å². The molecule has 0 radical (unpaired) electrons. The van der Waals surface area contributed by atoms with Crippen LogP contribution in [0.3, 0.4) is 0 Å². The topological polar surface area (TPSA) is 71.6 Å². The van der Waals surface area contributed by atoms with Gasteiger partial charge in [0.25, 0.3) is 11.6 Å². The minimum absolute atomic E-state index is 0.0677. The number of amides is 1. The molecule has 1 amide bonds. The van der Waals surface area contributed by atoms with Crippen LogP contribution in [0.2, 0.25) is 0 Å². The molecule has 100 valence electrons. The Morgan fingerprint density at radius 3 is 2.44 bits per heavy atom. The van der Waals surface area contributed by atoms with E-state index < -0.39 is 4.92 Å². The van der Waals surface area contributed by atoms with E-state index in [1.165, 1.54) is 16.8 Å². The second kappa shape index (κ2) is 5.63. The second-order valence-corrected chi connectivity index (χ2v) is 4.48. The lowest BCUT2D eigenvalue weighted by Gasteiger charge is -2.19. The molecule has 0 N–H and O–H groups in total. The van der Waals surface area contributed by atoms with Crippen LogP contribution >= 0.6 is 0 Å². The highest BCUT2D eigenvalue weighted by Crippen LogP contribution is 2.16. The zero-order valence-electron chi connectivity index (χ0n) is 11.1. The smallest absolute Gasteiger partial charge is 0.287 e. The molecule has 0 aliphatic heterocycles. The minimum Gasteiger partial charge on any atom is -0.340 e. The molecule has 1 heterocycles. The second-order valence-electron chi connectivity index (χ2n) is 4.48. The normalized spacial score (nSPS) is 10.7. The molecule has 7 heteroatoms. The SMILES string of the molecule is CN(C)CCN(C)C(=O)c1cc([N+](=O)[O-])cn1C. The summed E-state index contributed by atoms with van der Waals surface area (Å²) in [5.41, 5.74) is 0.254. The van der Waals surface area contributed by atoms with Crippen molar-refractivity contribution in [3.05, 3.63) is 28.1 Å². The molecule has 0 spiro atoms. The lowest BCUT2D eigenvalue weighted by Crippen LogP contribution is -2.34. The van der Waals surface area contributed by atoms with Crippen LogP contribution in [0.25, 0.3) is 0 Å². The summed E-state index contributed by atoms with van der Waals surface area (Å²) in [6.07, 6.45) is 1.34. The summed E-state index contributed by atoms with van der Waals surface area (Å²) < 4.78 is 1.48. The molecule has 0 aliphatic rings. The predicted octanol–water partition coefficient (Wildman–Crippen LogP) is 0.567. The van der Waals surface area contributed by atoms with Crippen LogP contribution in [0.4, 0.5) is 5.69 Å². The molecule has 7 nitrogen and oxygen atoms in total. The summed E-state index contributed by atoms with van der Waals surface area (Å²) >= 11 is 0. The van der Waals surface area contributed by atoms with E-state index in [2.05, 4.69) is 0 Å². The first-order valence-corrected chi connectivity index (χ1v) is 5.54. The fourth-order valence-electron chi connectivity index (χ4n) is 1.51. The molecular weight excluding hydrogens is 236 g/mol. The van der Waals surface area contributed by atoms with Crippen LogP contribution in [-0.2, 0) is 7.05 Å². The van der Waals surface area contributed by atoms with Crippen LogP contribution in [0.5, 0.6) is 0 Å². The van der Waals surface area contributed by atoms with Gasteiger partial charge in [-0.15, -0.1) is 0 Å². The lowest BCUT2D eigenvalue weighted by atomic mass is 10.3. The van der Waals surface area contributed by atoms with Crippen molar-refractivity contribution in [3.8, 4) is 0 Å². The van der Waals surface area contributed by atoms with Crippen LogP contribution in [0.1, 0.15) is 10.5 Å². The minimum atomic E-state index is -0.503. The Kier molecular flexibility index (Phi) is 4.43. The maximum absolute atomic E-state index is 12.1. The first-order valence-electron chi connectivity index (χ1n) is 5.54. The number of rotatable bonds is 5. The van der Waals surface area contributed by atoms with Crippen molar-refractivity contribution in [1.29, 1.82) is 0 Å². The predicted molar refractivity (Wildman–Crippen MR) is 67.6 cm³/mol. The molecule has 1 rings (SSSR count). The van der Waals surface area contributed by atoms with Crippen molar-refractivity contribution >= 4 is 11.6 Å². The number of carbonyl (C=O) groups excluding carboxylic acids is 1. The van der Waals surface area contributed by atoms with Gasteiger partial charge in [-0.3, -0.25) is 14.9 Å². The van der Waals surface area contributed by atoms with Crippen LogP contribution < -0.4 is 0 Å². The molecule has 0 aliphatic carbocycles. The Morgan fingerprint density at radius 2 is 2.00 bits per heavy atom. The van der Waals surface area contributed by atoms with Gasteiger partial charge in [-0.25, -0.2) is 0 Å². The summed E-state index contributed by atoms with van der Waals surface area (Å²) in [6.45, 7) is 1.32. The van der Waals surface area contributed by atoms with Crippen molar-refractivity contribution in [1.82, 2.24) is 14.4 Å². The molecule has 0 bridgehead atoms. The number of carbonyl (C=O) groups is 1. The van der Waals surface area contributed by atoms with Gasteiger partial charge in [0.1, 0.15) is 5.69 Å². The molecule has 0 saturated carbocycles. The van der Waals surface area contributed by atoms with E-state index >= 15 is 0 Å². The fraction of sp³-hybridized carbons (Fsp3) is 0.545. The Labute approximate surface area is 106 Å². The van der Waals surface area contributed by atoms with Gasteiger partial charge in [-0.2, -0.15) is 0 Å². The molecule has 0 aromatic carbocycles. The zero-order valence-corrected chi connectivity index (χ0v) is 11.1. The highest BCUT2D eigenvalue weighted by Gasteiger charge is 2.20. The average Bonchev–Trinajstić information content (AvgIpc) is 2.67. The van der Waals surface area contributed by atoms with Gasteiger partial charge in [0, 0.05) is 33.3 Å². The summed E-state index contributed by atoms with van der Waals surface area (Å²) in [7, 11) is 7.15. The van der Waals surface area contributed by atoms with Crippen molar-refractivity contribution < 1.29 is 9.72 Å². The largest absolute Gasteiger partial charge is 0.340 e. The van der Waals surface area contributed by atoms with Gasteiger partial charge in [-0.1, -0.05) is 0 Å². The lowest BCUT2D eigenvalue weighted by molar-refractivity contribution is -0.384. The standard InChI is InChI=1S/C11H18N4O3/c1-12(2)5-6-13(3)11(16)10-7-9(15(17)18)8-14(10)4/h7-8H,5-6H2,1-4H3. The highest BCUT2D eigenvalue weighted by atomic mass is 16.6. The number of aryl methyl sites for hydroxylation is 1. The Morgan fingerprint density at radius 1 is 1.39 bits per heavy atom. The van der Waals surface area contributed by atoms with Crippen molar-refractivity contribution in [2.75, 3.05) is 34.2 Å². The van der Waals surface area contributed by atoms with E-state index in [9.17, 15) is 14.9 Å². The van der Waals surface area contributed by atoms with Crippen LogP contribution in [-0.4, -0.2) is 59.4 Å². The maximum atomic E-state index is 12.1. The van der Waals surface area contributed by atoms with E-state index in [1.54, 1.807) is 19.0 Å². The average molecular weight is 254 g/mol. The van der Waals surface area contributed by atoms with Gasteiger partial charge < -0.3 is 14.4 Å². The molecule has 0 saturated heterocycles. The molecule has 1 aromatic rings. The van der Waals surface area contributed by atoms with Gasteiger partial charge >= 0.3 is 0 Å². The fourth-order valence-corrected chi connectivity index (χ4v) is 1.51. The molecule has 1 aromatic heterocycles. The van der Waals surface area contributed by atoms with Gasteiger partial charge in [0.05, 0.1) is 11.1 Å². The van der Waals surface area contributed by atoms with E-state index in [0.29, 0.717) is 12.2 Å². The number of nitrogens with zero attached hydrogens (tertiary/aromatic N) is 4. The third kappa shape index (κ3) is 3.30. The molecule has 0 atom stereocenters. The number of hydrogen-bond donors (Lipinski definition) is 0. The molecular formula is C11H18N4O3. The van der Waals surface area contributed by atoms with Crippen molar-refractivity contribution in [2.45, 2.75) is 0 Å². The molecule has 0 fully saturated rings. The zero-order chi connectivity index (χ0) is 13.9. The van der Waals surface area contributed by atoms with Gasteiger partial charge in [0.15, 0.2) is 0 Å². The van der Waals surface area contributed by atoms with Gasteiger partial charge in [0.2, 0.25) is 0 Å². The summed E-state index contributed by atoms with van der Waals surface area (Å²) in [5.74, 6) is -0.215. The number of likely N-dealkylation sites (N-methyl/N-ethyl adjacent to an activating group) is 2. The monoisotopic (exact) mass is 254 g/mol. The summed E-state index contributed by atoms with van der Waals surface area (Å²) in [6, 6.07) is 1.30. The summed E-state index contributed by atoms with van der Waals surface area (Å²) in [4.78, 5) is 25.7. The highest BCUT2D eigenvalue weighted by molar-refractivity contribution is 5.93. The number of nitro groups is 1.